The highest BCUT2D eigenvalue weighted by atomic mass is 32.1. The molecule has 0 aliphatic carbocycles. The van der Waals surface area contributed by atoms with Gasteiger partial charge in [0.25, 0.3) is 0 Å². The first kappa shape index (κ1) is 16.4. The lowest BCUT2D eigenvalue weighted by molar-refractivity contribution is -0.152. The molecule has 4 rings (SSSR count). The van der Waals surface area contributed by atoms with Gasteiger partial charge in [0.2, 0.25) is 11.8 Å². The van der Waals surface area contributed by atoms with Gasteiger partial charge in [-0.05, 0) is 43.6 Å². The van der Waals surface area contributed by atoms with Crippen molar-refractivity contribution in [1.82, 2.24) is 10.2 Å². The summed E-state index contributed by atoms with van der Waals surface area (Å²) in [5, 5.41) is 2.88. The fourth-order valence-electron chi connectivity index (χ4n) is 4.54. The minimum atomic E-state index is -1.30. The van der Waals surface area contributed by atoms with Gasteiger partial charge < -0.3 is 10.2 Å². The van der Waals surface area contributed by atoms with Crippen LogP contribution in [0.15, 0.2) is 18.2 Å². The van der Waals surface area contributed by atoms with Gasteiger partial charge >= 0.3 is 0 Å². The molecule has 1 aromatic carbocycles. The van der Waals surface area contributed by atoms with E-state index >= 15 is 0 Å². The summed E-state index contributed by atoms with van der Waals surface area (Å²) in [6, 6.07) is 4.70. The second-order valence-electron chi connectivity index (χ2n) is 6.95. The molecule has 0 radical (unpaired) electrons. The van der Waals surface area contributed by atoms with E-state index < -0.39 is 5.41 Å². The average molecular weight is 361 g/mol. The van der Waals surface area contributed by atoms with Gasteiger partial charge in [-0.15, -0.1) is 0 Å². The highest BCUT2D eigenvalue weighted by molar-refractivity contribution is 7.80. The zero-order valence-electron chi connectivity index (χ0n) is 14.0. The number of anilines is 1. The van der Waals surface area contributed by atoms with Crippen molar-refractivity contribution in [2.45, 2.75) is 38.6 Å². The van der Waals surface area contributed by atoms with Gasteiger partial charge in [-0.3, -0.25) is 14.5 Å². The monoisotopic (exact) mass is 361 g/mol. The molecule has 1 N–H and O–H groups in total. The molecule has 2 saturated heterocycles. The first-order chi connectivity index (χ1) is 12.0. The molecule has 3 aliphatic heterocycles. The Labute approximate surface area is 151 Å². The second kappa shape index (κ2) is 5.76. The number of amides is 2. The van der Waals surface area contributed by atoms with Crippen molar-refractivity contribution in [3.8, 4) is 0 Å². The van der Waals surface area contributed by atoms with Gasteiger partial charge in [0.15, 0.2) is 10.5 Å². The summed E-state index contributed by atoms with van der Waals surface area (Å²) in [4.78, 5) is 29.9. The molecule has 132 valence electrons. The molecule has 1 aromatic rings. The summed E-state index contributed by atoms with van der Waals surface area (Å²) >= 11 is 5.21. The predicted molar refractivity (Wildman–Crippen MR) is 95.6 cm³/mol. The van der Waals surface area contributed by atoms with Crippen molar-refractivity contribution in [3.63, 3.8) is 0 Å². The van der Waals surface area contributed by atoms with Gasteiger partial charge in [0.05, 0.1) is 6.04 Å². The molecule has 0 saturated carbocycles. The molecule has 7 heteroatoms. The standard InChI is InChI=1S/C18H20FN3O2S/c1-2-8-22-16(24)18(15(23)20-17(22)25)10-11-12(19)5-3-6-13(11)21-9-4-7-14(18)21/h3,5-6,14H,2,4,7-10H2,1H3,(H,20,23,25)/t14-,18-/m1/s1. The Morgan fingerprint density at radius 2 is 2.20 bits per heavy atom. The molecule has 2 fully saturated rings. The number of rotatable bonds is 2. The van der Waals surface area contributed by atoms with Crippen LogP contribution in [-0.4, -0.2) is 41.0 Å². The van der Waals surface area contributed by atoms with Gasteiger partial charge in [-0.25, -0.2) is 4.39 Å². The van der Waals surface area contributed by atoms with E-state index in [1.807, 2.05) is 17.9 Å². The summed E-state index contributed by atoms with van der Waals surface area (Å²) in [5.41, 5.74) is -0.0410. The van der Waals surface area contributed by atoms with Crippen molar-refractivity contribution >= 4 is 34.8 Å². The number of thiocarbonyl (C=S) groups is 1. The fourth-order valence-corrected chi connectivity index (χ4v) is 4.81. The van der Waals surface area contributed by atoms with Crippen molar-refractivity contribution < 1.29 is 14.0 Å². The van der Waals surface area contributed by atoms with E-state index in [1.54, 1.807) is 6.07 Å². The second-order valence-corrected chi connectivity index (χ2v) is 7.34. The highest BCUT2D eigenvalue weighted by Crippen LogP contribution is 2.48. The molecule has 0 unspecified atom stereocenters. The Balaban J connectivity index is 1.88. The Bertz CT molecular complexity index is 784. The summed E-state index contributed by atoms with van der Waals surface area (Å²) < 4.78 is 14.5. The van der Waals surface area contributed by atoms with E-state index in [0.717, 1.165) is 31.5 Å². The minimum Gasteiger partial charge on any atom is -0.367 e. The van der Waals surface area contributed by atoms with E-state index in [2.05, 4.69) is 5.32 Å². The molecule has 2 amide bonds. The summed E-state index contributed by atoms with van der Waals surface area (Å²) in [6.07, 6.45) is 2.43. The summed E-state index contributed by atoms with van der Waals surface area (Å²) in [6.45, 7) is 3.13. The maximum Gasteiger partial charge on any atom is 0.246 e. The van der Waals surface area contributed by atoms with E-state index in [-0.39, 0.29) is 35.2 Å². The van der Waals surface area contributed by atoms with E-state index in [9.17, 15) is 14.0 Å². The van der Waals surface area contributed by atoms with Crippen molar-refractivity contribution in [1.29, 1.82) is 0 Å². The third kappa shape index (κ3) is 2.14. The lowest BCUT2D eigenvalue weighted by Gasteiger charge is -2.50. The predicted octanol–water partition coefficient (Wildman–Crippen LogP) is 1.99. The molecule has 3 aliphatic rings. The first-order valence-electron chi connectivity index (χ1n) is 8.72. The molecule has 1 spiro atoms. The number of benzene rings is 1. The molecular weight excluding hydrogens is 341 g/mol. The topological polar surface area (TPSA) is 52.7 Å². The molecular formula is C18H20FN3O2S. The van der Waals surface area contributed by atoms with Gasteiger partial charge in [-0.2, -0.15) is 0 Å². The van der Waals surface area contributed by atoms with Crippen LogP contribution in [0, 0.1) is 11.2 Å². The summed E-state index contributed by atoms with van der Waals surface area (Å²) in [7, 11) is 0. The number of fused-ring (bicyclic) bond motifs is 4. The minimum absolute atomic E-state index is 0.0870. The molecule has 25 heavy (non-hydrogen) atoms. The Morgan fingerprint density at radius 3 is 2.96 bits per heavy atom. The van der Waals surface area contributed by atoms with Crippen molar-refractivity contribution in [2.75, 3.05) is 18.0 Å². The van der Waals surface area contributed by atoms with Crippen LogP contribution in [0.1, 0.15) is 31.7 Å². The fraction of sp³-hybridized carbons (Fsp3) is 0.500. The van der Waals surface area contributed by atoms with E-state index in [1.165, 1.54) is 11.0 Å². The van der Waals surface area contributed by atoms with Crippen LogP contribution in [0.3, 0.4) is 0 Å². The third-order valence-corrected chi connectivity index (χ3v) is 5.95. The quantitative estimate of drug-likeness (QED) is 0.647. The van der Waals surface area contributed by atoms with E-state index in [4.69, 9.17) is 12.2 Å². The zero-order valence-corrected chi connectivity index (χ0v) is 14.9. The molecule has 0 bridgehead atoms. The third-order valence-electron chi connectivity index (χ3n) is 5.63. The zero-order chi connectivity index (χ0) is 17.8. The normalized spacial score (nSPS) is 28.2. The number of carbonyl (C=O) groups excluding carboxylic acids is 2. The van der Waals surface area contributed by atoms with Crippen molar-refractivity contribution in [3.05, 3.63) is 29.6 Å². The Kier molecular flexibility index (Phi) is 3.79. The maximum atomic E-state index is 14.5. The number of nitrogens with zero attached hydrogens (tertiary/aromatic N) is 2. The lowest BCUT2D eigenvalue weighted by Crippen LogP contribution is -2.71. The van der Waals surface area contributed by atoms with Gasteiger partial charge in [0.1, 0.15) is 5.82 Å². The van der Waals surface area contributed by atoms with Crippen LogP contribution in [0.5, 0.6) is 0 Å². The van der Waals surface area contributed by atoms with Crippen LogP contribution >= 0.6 is 12.2 Å². The molecule has 0 aromatic heterocycles. The first-order valence-corrected chi connectivity index (χ1v) is 9.13. The number of carbonyl (C=O) groups is 2. The smallest absolute Gasteiger partial charge is 0.246 e. The maximum absolute atomic E-state index is 14.5. The summed E-state index contributed by atoms with van der Waals surface area (Å²) in [5.74, 6) is -1.03. The lowest BCUT2D eigenvalue weighted by atomic mass is 9.68. The largest absolute Gasteiger partial charge is 0.367 e. The molecule has 3 heterocycles. The Hall–Kier alpha value is -2.02. The van der Waals surface area contributed by atoms with E-state index in [0.29, 0.717) is 12.1 Å². The molecule has 5 nitrogen and oxygen atoms in total. The average Bonchev–Trinajstić information content (AvgIpc) is 3.08. The number of nitrogens with one attached hydrogen (secondary N) is 1. The van der Waals surface area contributed by atoms with Crippen LogP contribution in [0.4, 0.5) is 10.1 Å². The Morgan fingerprint density at radius 1 is 1.40 bits per heavy atom. The number of hydrogen-bond donors (Lipinski definition) is 1. The van der Waals surface area contributed by atoms with Crippen LogP contribution in [0.25, 0.3) is 0 Å². The van der Waals surface area contributed by atoms with Gasteiger partial charge in [0, 0.05) is 30.8 Å². The number of hydrogen-bond acceptors (Lipinski definition) is 4. The van der Waals surface area contributed by atoms with Crippen LogP contribution < -0.4 is 10.2 Å². The van der Waals surface area contributed by atoms with Crippen LogP contribution in [-0.2, 0) is 16.0 Å². The highest BCUT2D eigenvalue weighted by Gasteiger charge is 2.62. The van der Waals surface area contributed by atoms with Crippen molar-refractivity contribution in [2.24, 2.45) is 5.41 Å². The van der Waals surface area contributed by atoms with Gasteiger partial charge in [-0.1, -0.05) is 13.0 Å². The van der Waals surface area contributed by atoms with Crippen LogP contribution in [0.2, 0.25) is 0 Å². The SMILES string of the molecule is CCCN1C(=O)[C@@]2(Cc3c(F)cccc3N3CCC[C@@H]32)C(=O)NC1=S. The number of halogens is 1. The molecule has 2 atom stereocenters.